The molecule has 1 aliphatic heterocycles. The van der Waals surface area contributed by atoms with Gasteiger partial charge < -0.3 is 9.80 Å². The number of likely N-dealkylation sites (N-methyl/N-ethyl adjacent to an activating group) is 1. The average Bonchev–Trinajstić information content (AvgIpc) is 2.35. The summed E-state index contributed by atoms with van der Waals surface area (Å²) in [7, 11) is 4.08. The Morgan fingerprint density at radius 2 is 2.14 bits per heavy atom. The SMILES string of the molecule is CC1NCN(CC(C)(C)N(C)C)C1=O. The van der Waals surface area contributed by atoms with Gasteiger partial charge in [0.1, 0.15) is 0 Å². The second-order valence-corrected chi connectivity index (χ2v) is 4.83. The van der Waals surface area contributed by atoms with E-state index >= 15 is 0 Å². The zero-order valence-corrected chi connectivity index (χ0v) is 9.79. The van der Waals surface area contributed by atoms with Crippen LogP contribution in [-0.4, -0.2) is 54.6 Å². The molecule has 1 amide bonds. The Morgan fingerprint density at radius 1 is 1.57 bits per heavy atom. The van der Waals surface area contributed by atoms with Crippen molar-refractivity contribution in [1.82, 2.24) is 15.1 Å². The molecule has 4 nitrogen and oxygen atoms in total. The Labute approximate surface area is 86.2 Å². The first kappa shape index (κ1) is 11.5. The minimum Gasteiger partial charge on any atom is -0.327 e. The lowest BCUT2D eigenvalue weighted by atomic mass is 10.0. The van der Waals surface area contributed by atoms with E-state index in [1.54, 1.807) is 0 Å². The van der Waals surface area contributed by atoms with E-state index in [0.717, 1.165) is 6.54 Å². The van der Waals surface area contributed by atoms with Crippen LogP contribution in [0.4, 0.5) is 0 Å². The van der Waals surface area contributed by atoms with Crippen LogP contribution >= 0.6 is 0 Å². The van der Waals surface area contributed by atoms with Gasteiger partial charge in [0.15, 0.2) is 0 Å². The first-order valence-corrected chi connectivity index (χ1v) is 5.04. The summed E-state index contributed by atoms with van der Waals surface area (Å²) in [6.07, 6.45) is 0. The molecule has 1 fully saturated rings. The molecular weight excluding hydrogens is 178 g/mol. The van der Waals surface area contributed by atoms with Gasteiger partial charge in [0.25, 0.3) is 0 Å². The molecule has 1 rings (SSSR count). The van der Waals surface area contributed by atoms with Crippen LogP contribution in [0.1, 0.15) is 20.8 Å². The van der Waals surface area contributed by atoms with E-state index in [1.807, 2.05) is 25.9 Å². The second kappa shape index (κ2) is 3.87. The molecule has 0 radical (unpaired) electrons. The highest BCUT2D eigenvalue weighted by atomic mass is 16.2. The Kier molecular flexibility index (Phi) is 3.17. The highest BCUT2D eigenvalue weighted by Crippen LogP contribution is 2.14. The van der Waals surface area contributed by atoms with Crippen molar-refractivity contribution in [3.05, 3.63) is 0 Å². The molecule has 0 aromatic carbocycles. The zero-order chi connectivity index (χ0) is 10.9. The minimum absolute atomic E-state index is 0.0204. The molecule has 1 atom stereocenters. The van der Waals surface area contributed by atoms with Crippen molar-refractivity contribution >= 4 is 5.91 Å². The van der Waals surface area contributed by atoms with Crippen molar-refractivity contribution in [3.8, 4) is 0 Å². The van der Waals surface area contributed by atoms with Gasteiger partial charge in [0, 0.05) is 12.1 Å². The summed E-state index contributed by atoms with van der Waals surface area (Å²) in [4.78, 5) is 15.7. The molecule has 0 aliphatic carbocycles. The smallest absolute Gasteiger partial charge is 0.240 e. The molecule has 0 aromatic rings. The van der Waals surface area contributed by atoms with Crippen molar-refractivity contribution in [3.63, 3.8) is 0 Å². The number of rotatable bonds is 3. The van der Waals surface area contributed by atoms with Gasteiger partial charge in [0.2, 0.25) is 5.91 Å². The van der Waals surface area contributed by atoms with Crippen molar-refractivity contribution in [2.24, 2.45) is 0 Å². The summed E-state index contributed by atoms with van der Waals surface area (Å²) in [5, 5.41) is 3.14. The summed E-state index contributed by atoms with van der Waals surface area (Å²) < 4.78 is 0. The molecular formula is C10H21N3O. The first-order valence-electron chi connectivity index (χ1n) is 5.04. The third-order valence-corrected chi connectivity index (χ3v) is 3.06. The number of hydrogen-bond donors (Lipinski definition) is 1. The Morgan fingerprint density at radius 3 is 2.50 bits per heavy atom. The van der Waals surface area contributed by atoms with Crippen LogP contribution in [0.5, 0.6) is 0 Å². The molecule has 1 N–H and O–H groups in total. The van der Waals surface area contributed by atoms with Crippen LogP contribution in [0, 0.1) is 0 Å². The van der Waals surface area contributed by atoms with Crippen LogP contribution in [0.2, 0.25) is 0 Å². The van der Waals surface area contributed by atoms with Crippen molar-refractivity contribution in [2.45, 2.75) is 32.4 Å². The van der Waals surface area contributed by atoms with Gasteiger partial charge >= 0.3 is 0 Å². The molecule has 1 aliphatic rings. The van der Waals surface area contributed by atoms with Gasteiger partial charge in [-0.05, 0) is 34.9 Å². The van der Waals surface area contributed by atoms with E-state index in [2.05, 4.69) is 24.1 Å². The van der Waals surface area contributed by atoms with Crippen molar-refractivity contribution in [1.29, 1.82) is 0 Å². The third kappa shape index (κ3) is 2.25. The molecule has 1 saturated heterocycles. The summed E-state index contributed by atoms with van der Waals surface area (Å²) in [6, 6.07) is -0.0204. The number of carbonyl (C=O) groups excluding carboxylic acids is 1. The molecule has 0 spiro atoms. The Bertz CT molecular complexity index is 225. The summed E-state index contributed by atoms with van der Waals surface area (Å²) in [6.45, 7) is 7.64. The molecule has 82 valence electrons. The largest absolute Gasteiger partial charge is 0.327 e. The van der Waals surface area contributed by atoms with Gasteiger partial charge in [-0.15, -0.1) is 0 Å². The fourth-order valence-electron chi connectivity index (χ4n) is 1.43. The van der Waals surface area contributed by atoms with Gasteiger partial charge in [-0.1, -0.05) is 0 Å². The molecule has 1 heterocycles. The minimum atomic E-state index is -0.0204. The Balaban J connectivity index is 2.57. The van der Waals surface area contributed by atoms with Crippen molar-refractivity contribution < 1.29 is 4.79 Å². The molecule has 4 heteroatoms. The lowest BCUT2D eigenvalue weighted by Gasteiger charge is -2.35. The first-order chi connectivity index (χ1) is 6.34. The van der Waals surface area contributed by atoms with E-state index in [-0.39, 0.29) is 17.5 Å². The van der Waals surface area contributed by atoms with Crippen LogP contribution < -0.4 is 5.32 Å². The predicted molar refractivity (Wildman–Crippen MR) is 56.9 cm³/mol. The molecule has 0 saturated carbocycles. The zero-order valence-electron chi connectivity index (χ0n) is 9.79. The highest BCUT2D eigenvalue weighted by molar-refractivity contribution is 5.83. The van der Waals surface area contributed by atoms with Gasteiger partial charge in [-0.3, -0.25) is 10.1 Å². The maximum atomic E-state index is 11.7. The second-order valence-electron chi connectivity index (χ2n) is 4.83. The van der Waals surface area contributed by atoms with E-state index in [9.17, 15) is 4.79 Å². The summed E-state index contributed by atoms with van der Waals surface area (Å²) in [5.41, 5.74) is 0.0292. The van der Waals surface area contributed by atoms with E-state index in [0.29, 0.717) is 6.67 Å². The topological polar surface area (TPSA) is 35.6 Å². The third-order valence-electron chi connectivity index (χ3n) is 3.06. The summed E-state index contributed by atoms with van der Waals surface area (Å²) in [5.74, 6) is 0.208. The molecule has 14 heavy (non-hydrogen) atoms. The van der Waals surface area contributed by atoms with Crippen LogP contribution in [-0.2, 0) is 4.79 Å². The van der Waals surface area contributed by atoms with E-state index in [4.69, 9.17) is 0 Å². The summed E-state index contributed by atoms with van der Waals surface area (Å²) >= 11 is 0. The molecule has 0 bridgehead atoms. The lowest BCUT2D eigenvalue weighted by Crippen LogP contribution is -2.49. The Hall–Kier alpha value is -0.610. The average molecular weight is 199 g/mol. The standard InChI is InChI=1S/C10H21N3O/c1-8-9(14)13(7-11-8)6-10(2,3)12(4)5/h8,11H,6-7H2,1-5H3. The van der Waals surface area contributed by atoms with Crippen LogP contribution in [0.25, 0.3) is 0 Å². The fraction of sp³-hybridized carbons (Fsp3) is 0.900. The number of nitrogens with one attached hydrogen (secondary N) is 1. The van der Waals surface area contributed by atoms with E-state index in [1.165, 1.54) is 0 Å². The van der Waals surface area contributed by atoms with Gasteiger partial charge in [-0.2, -0.15) is 0 Å². The van der Waals surface area contributed by atoms with Crippen molar-refractivity contribution in [2.75, 3.05) is 27.3 Å². The molecule has 0 aromatic heterocycles. The molecule has 1 unspecified atom stereocenters. The predicted octanol–water partition coefficient (Wildman–Crippen LogP) is 0.104. The van der Waals surface area contributed by atoms with E-state index < -0.39 is 0 Å². The van der Waals surface area contributed by atoms with Gasteiger partial charge in [-0.25, -0.2) is 0 Å². The highest BCUT2D eigenvalue weighted by Gasteiger charge is 2.32. The maximum absolute atomic E-state index is 11.7. The number of carbonyl (C=O) groups is 1. The monoisotopic (exact) mass is 199 g/mol. The fourth-order valence-corrected chi connectivity index (χ4v) is 1.43. The van der Waals surface area contributed by atoms with Crippen LogP contribution in [0.3, 0.4) is 0 Å². The number of nitrogens with zero attached hydrogens (tertiary/aromatic N) is 2. The van der Waals surface area contributed by atoms with Gasteiger partial charge in [0.05, 0.1) is 12.7 Å². The maximum Gasteiger partial charge on any atom is 0.240 e. The lowest BCUT2D eigenvalue weighted by molar-refractivity contribution is -0.129. The number of hydrogen-bond acceptors (Lipinski definition) is 3. The number of amides is 1. The normalized spacial score (nSPS) is 23.7. The van der Waals surface area contributed by atoms with Crippen LogP contribution in [0.15, 0.2) is 0 Å². The quantitative estimate of drug-likeness (QED) is 0.700.